The van der Waals surface area contributed by atoms with Gasteiger partial charge in [0.05, 0.1) is 0 Å². The molecule has 0 saturated heterocycles. The molecule has 3 heteroatoms. The van der Waals surface area contributed by atoms with Gasteiger partial charge in [0.25, 0.3) is 0 Å². The predicted octanol–water partition coefficient (Wildman–Crippen LogP) is 4.74. The van der Waals surface area contributed by atoms with Gasteiger partial charge in [-0.1, -0.05) is 42.5 Å². The maximum atomic E-state index is 5.75. The molecule has 0 aromatic heterocycles. The lowest BCUT2D eigenvalue weighted by Crippen LogP contribution is -1.95. The summed E-state index contributed by atoms with van der Waals surface area (Å²) in [6.45, 7) is 0.561. The summed E-state index contributed by atoms with van der Waals surface area (Å²) >= 11 is 11.5. The highest BCUT2D eigenvalue weighted by molar-refractivity contribution is 6.44. The van der Waals surface area contributed by atoms with Gasteiger partial charge in [-0.3, -0.25) is 0 Å². The Hall–Kier alpha value is -1.18. The van der Waals surface area contributed by atoms with Crippen molar-refractivity contribution in [3.05, 3.63) is 65.7 Å². The topological polar surface area (TPSA) is 9.23 Å². The Balaban J connectivity index is 1.96. The highest BCUT2D eigenvalue weighted by Gasteiger charge is 2.02. The van der Waals surface area contributed by atoms with Gasteiger partial charge in [0.1, 0.15) is 17.2 Å². The Morgan fingerprint density at radius 1 is 0.882 bits per heavy atom. The lowest BCUT2D eigenvalue weighted by atomic mass is 10.2. The average molecular weight is 267 g/mol. The van der Waals surface area contributed by atoms with Gasteiger partial charge < -0.3 is 4.74 Å². The minimum absolute atomic E-state index is 0.488. The molecule has 0 atom stereocenters. The minimum atomic E-state index is -0.488. The summed E-state index contributed by atoms with van der Waals surface area (Å²) < 4.78 is 5.64. The maximum Gasteiger partial charge on any atom is 0.132 e. The number of hydrogen-bond acceptors (Lipinski definition) is 1. The van der Waals surface area contributed by atoms with Crippen molar-refractivity contribution in [2.75, 3.05) is 0 Å². The molecule has 0 bridgehead atoms. The van der Waals surface area contributed by atoms with E-state index in [1.807, 2.05) is 54.6 Å². The second-order valence-corrected chi connectivity index (χ2v) is 4.74. The van der Waals surface area contributed by atoms with Crippen LogP contribution in [0.3, 0.4) is 0 Å². The first-order chi connectivity index (χ1) is 8.25. The van der Waals surface area contributed by atoms with E-state index in [0.717, 1.165) is 16.9 Å². The molecule has 2 aromatic rings. The van der Waals surface area contributed by atoms with E-state index < -0.39 is 4.84 Å². The quantitative estimate of drug-likeness (QED) is 0.727. The standard InChI is InChI=1S/C14H12Cl2O/c15-14(16)12-6-8-13(9-7-12)17-10-11-4-2-1-3-5-11/h1-9,14H,10H2. The van der Waals surface area contributed by atoms with Gasteiger partial charge in [-0.05, 0) is 23.3 Å². The minimum Gasteiger partial charge on any atom is -0.489 e. The van der Waals surface area contributed by atoms with Gasteiger partial charge in [0.15, 0.2) is 0 Å². The third kappa shape index (κ3) is 3.65. The Labute approximate surface area is 111 Å². The number of halogens is 2. The summed E-state index contributed by atoms with van der Waals surface area (Å²) in [6, 6.07) is 17.5. The van der Waals surface area contributed by atoms with Gasteiger partial charge >= 0.3 is 0 Å². The summed E-state index contributed by atoms with van der Waals surface area (Å²) in [4.78, 5) is -0.488. The first-order valence-electron chi connectivity index (χ1n) is 5.30. The molecule has 2 aromatic carbocycles. The van der Waals surface area contributed by atoms with Crippen molar-refractivity contribution < 1.29 is 4.74 Å². The smallest absolute Gasteiger partial charge is 0.132 e. The molecule has 17 heavy (non-hydrogen) atoms. The largest absolute Gasteiger partial charge is 0.489 e. The molecule has 0 heterocycles. The molecule has 0 aliphatic heterocycles. The van der Waals surface area contributed by atoms with E-state index in [1.54, 1.807) is 0 Å². The number of rotatable bonds is 4. The van der Waals surface area contributed by atoms with Crippen LogP contribution in [0, 0.1) is 0 Å². The fourth-order valence-electron chi connectivity index (χ4n) is 1.45. The third-order valence-corrected chi connectivity index (χ3v) is 2.88. The molecular formula is C14H12Cl2O. The average Bonchev–Trinajstić information content (AvgIpc) is 2.38. The zero-order valence-electron chi connectivity index (χ0n) is 9.14. The second kappa shape index (κ2) is 5.95. The number of ether oxygens (including phenoxy) is 1. The molecule has 88 valence electrons. The summed E-state index contributed by atoms with van der Waals surface area (Å²) in [5.74, 6) is 0.812. The van der Waals surface area contributed by atoms with Crippen molar-refractivity contribution >= 4 is 23.2 Å². The van der Waals surface area contributed by atoms with Crippen LogP contribution >= 0.6 is 23.2 Å². The molecular weight excluding hydrogens is 255 g/mol. The summed E-state index contributed by atoms with van der Waals surface area (Å²) in [6.07, 6.45) is 0. The molecule has 0 aliphatic rings. The molecule has 2 rings (SSSR count). The third-order valence-electron chi connectivity index (χ3n) is 2.38. The van der Waals surface area contributed by atoms with E-state index in [9.17, 15) is 0 Å². The first-order valence-corrected chi connectivity index (χ1v) is 6.18. The normalized spacial score (nSPS) is 10.5. The van der Waals surface area contributed by atoms with Crippen LogP contribution in [0.1, 0.15) is 16.0 Å². The molecule has 0 fully saturated rings. The van der Waals surface area contributed by atoms with Crippen molar-refractivity contribution in [2.24, 2.45) is 0 Å². The van der Waals surface area contributed by atoms with Crippen LogP contribution in [0.15, 0.2) is 54.6 Å². The van der Waals surface area contributed by atoms with Crippen molar-refractivity contribution in [1.82, 2.24) is 0 Å². The molecule has 0 radical (unpaired) electrons. The highest BCUT2D eigenvalue weighted by Crippen LogP contribution is 2.26. The predicted molar refractivity (Wildman–Crippen MR) is 71.7 cm³/mol. The first kappa shape index (κ1) is 12.3. The van der Waals surface area contributed by atoms with Crippen LogP contribution in [0.25, 0.3) is 0 Å². The van der Waals surface area contributed by atoms with E-state index in [0.29, 0.717) is 6.61 Å². The van der Waals surface area contributed by atoms with Crippen LogP contribution in [0.5, 0.6) is 5.75 Å². The monoisotopic (exact) mass is 266 g/mol. The van der Waals surface area contributed by atoms with Crippen LogP contribution in [-0.2, 0) is 6.61 Å². The highest BCUT2D eigenvalue weighted by atomic mass is 35.5. The molecule has 0 unspecified atom stereocenters. The molecule has 0 spiro atoms. The van der Waals surface area contributed by atoms with Crippen LogP contribution in [0.4, 0.5) is 0 Å². The van der Waals surface area contributed by atoms with E-state index in [4.69, 9.17) is 27.9 Å². The Morgan fingerprint density at radius 2 is 1.53 bits per heavy atom. The molecule has 0 amide bonds. The Morgan fingerprint density at radius 3 is 2.12 bits per heavy atom. The molecule has 0 N–H and O–H groups in total. The van der Waals surface area contributed by atoms with Gasteiger partial charge in [0, 0.05) is 0 Å². The fraction of sp³-hybridized carbons (Fsp3) is 0.143. The Bertz CT molecular complexity index is 451. The van der Waals surface area contributed by atoms with Crippen LogP contribution in [0.2, 0.25) is 0 Å². The van der Waals surface area contributed by atoms with Gasteiger partial charge in [-0.2, -0.15) is 0 Å². The number of hydrogen-bond donors (Lipinski definition) is 0. The fourth-order valence-corrected chi connectivity index (χ4v) is 1.74. The molecule has 1 nitrogen and oxygen atoms in total. The summed E-state index contributed by atoms with van der Waals surface area (Å²) in [7, 11) is 0. The molecule has 0 aliphatic carbocycles. The van der Waals surface area contributed by atoms with E-state index in [1.165, 1.54) is 0 Å². The van der Waals surface area contributed by atoms with Crippen molar-refractivity contribution in [3.8, 4) is 5.75 Å². The number of alkyl halides is 2. The van der Waals surface area contributed by atoms with Crippen molar-refractivity contribution in [2.45, 2.75) is 11.4 Å². The lowest BCUT2D eigenvalue weighted by molar-refractivity contribution is 0.306. The van der Waals surface area contributed by atoms with Crippen LogP contribution in [-0.4, -0.2) is 0 Å². The van der Waals surface area contributed by atoms with Gasteiger partial charge in [-0.15, -0.1) is 23.2 Å². The summed E-state index contributed by atoms with van der Waals surface area (Å²) in [5, 5.41) is 0. The van der Waals surface area contributed by atoms with Crippen molar-refractivity contribution in [3.63, 3.8) is 0 Å². The van der Waals surface area contributed by atoms with E-state index >= 15 is 0 Å². The SMILES string of the molecule is ClC(Cl)c1ccc(OCc2ccccc2)cc1. The van der Waals surface area contributed by atoms with E-state index in [-0.39, 0.29) is 0 Å². The Kier molecular flexibility index (Phi) is 4.29. The van der Waals surface area contributed by atoms with Crippen molar-refractivity contribution in [1.29, 1.82) is 0 Å². The second-order valence-electron chi connectivity index (χ2n) is 3.64. The zero-order chi connectivity index (χ0) is 12.1. The van der Waals surface area contributed by atoms with Crippen LogP contribution < -0.4 is 4.74 Å². The zero-order valence-corrected chi connectivity index (χ0v) is 10.7. The maximum absolute atomic E-state index is 5.75. The van der Waals surface area contributed by atoms with E-state index in [2.05, 4.69) is 0 Å². The van der Waals surface area contributed by atoms with Gasteiger partial charge in [0.2, 0.25) is 0 Å². The summed E-state index contributed by atoms with van der Waals surface area (Å²) in [5.41, 5.74) is 2.02. The lowest BCUT2D eigenvalue weighted by Gasteiger charge is -2.07. The van der Waals surface area contributed by atoms with Gasteiger partial charge in [-0.25, -0.2) is 0 Å². The molecule has 0 saturated carbocycles. The number of benzene rings is 2.